The molecule has 0 saturated heterocycles. The van der Waals surface area contributed by atoms with Crippen LogP contribution in [-0.4, -0.2) is 9.55 Å². The van der Waals surface area contributed by atoms with E-state index in [2.05, 4.69) is 133 Å². The normalized spacial score (nSPS) is 13.7. The van der Waals surface area contributed by atoms with Crippen molar-refractivity contribution in [1.82, 2.24) is 9.55 Å². The van der Waals surface area contributed by atoms with Crippen LogP contribution >= 0.6 is 0 Å². The second-order valence-electron chi connectivity index (χ2n) is 10.9. The first-order chi connectivity index (χ1) is 18.6. The molecule has 38 heavy (non-hydrogen) atoms. The smallest absolute Gasteiger partial charge is 0.0607 e. The molecule has 0 unspecified atom stereocenters. The molecule has 2 heterocycles. The van der Waals surface area contributed by atoms with E-state index in [1.807, 2.05) is 12.4 Å². The molecule has 7 aromatic rings. The van der Waals surface area contributed by atoms with E-state index in [-0.39, 0.29) is 5.41 Å². The number of aromatic nitrogens is 2. The van der Waals surface area contributed by atoms with E-state index in [9.17, 15) is 0 Å². The molecule has 1 aliphatic carbocycles. The summed E-state index contributed by atoms with van der Waals surface area (Å²) >= 11 is 0. The van der Waals surface area contributed by atoms with Crippen LogP contribution < -0.4 is 0 Å². The lowest BCUT2D eigenvalue weighted by molar-refractivity contribution is 0.661. The van der Waals surface area contributed by atoms with Gasteiger partial charge in [-0.05, 0) is 56.8 Å². The van der Waals surface area contributed by atoms with E-state index in [0.717, 1.165) is 16.6 Å². The summed E-state index contributed by atoms with van der Waals surface area (Å²) in [6, 6.07) is 37.7. The second-order valence-corrected chi connectivity index (χ2v) is 10.9. The summed E-state index contributed by atoms with van der Waals surface area (Å²) in [4.78, 5) is 4.49. The largest absolute Gasteiger partial charge is 0.316 e. The summed E-state index contributed by atoms with van der Waals surface area (Å²) in [6.07, 6.45) is 6.10. The fourth-order valence-corrected chi connectivity index (χ4v) is 6.60. The van der Waals surface area contributed by atoms with E-state index in [4.69, 9.17) is 0 Å². The Morgan fingerprint density at radius 1 is 0.579 bits per heavy atom. The van der Waals surface area contributed by atoms with Gasteiger partial charge in [0.2, 0.25) is 0 Å². The summed E-state index contributed by atoms with van der Waals surface area (Å²) in [6.45, 7) is 4.69. The number of rotatable bonds is 2. The molecule has 0 bridgehead atoms. The highest BCUT2D eigenvalue weighted by atomic mass is 15.0. The fraction of sp³-hybridized carbons (Fsp3) is 0.0833. The molecule has 5 aromatic carbocycles. The molecule has 0 fully saturated rings. The molecule has 0 N–H and O–H groups in total. The van der Waals surface area contributed by atoms with Crippen molar-refractivity contribution in [3.05, 3.63) is 133 Å². The van der Waals surface area contributed by atoms with Gasteiger partial charge in [0.05, 0.1) is 5.52 Å². The van der Waals surface area contributed by atoms with Gasteiger partial charge in [-0.15, -0.1) is 0 Å². The van der Waals surface area contributed by atoms with Gasteiger partial charge in [0.25, 0.3) is 0 Å². The average molecular weight is 487 g/mol. The van der Waals surface area contributed by atoms with Gasteiger partial charge in [0.15, 0.2) is 0 Å². The molecule has 180 valence electrons. The standard InChI is InChI=1S/C36H26N2/c1-36(2)32-10-6-5-9-30(32)34-28-16-13-24-19-20-38(35(24)29(28)17-18-33(34)36)26-14-11-23(12-15-26)31-22-37-21-25-7-3-4-8-27(25)31/h3-22H,1-2H3. The molecule has 0 spiro atoms. The Morgan fingerprint density at radius 2 is 1.37 bits per heavy atom. The SMILES string of the molecule is CC1(C)c2ccccc2-c2c1ccc1c2ccc2ccn(-c3ccc(-c4cncc5ccccc45)cc3)c21. The number of benzene rings is 5. The Hall–Kier alpha value is -4.69. The van der Waals surface area contributed by atoms with Crippen molar-refractivity contribution >= 4 is 32.4 Å². The van der Waals surface area contributed by atoms with Gasteiger partial charge in [0.1, 0.15) is 0 Å². The van der Waals surface area contributed by atoms with Crippen LogP contribution in [0.1, 0.15) is 25.0 Å². The summed E-state index contributed by atoms with van der Waals surface area (Å²) in [7, 11) is 0. The maximum atomic E-state index is 4.49. The number of pyridine rings is 1. The lowest BCUT2D eigenvalue weighted by Gasteiger charge is -2.21. The zero-order valence-electron chi connectivity index (χ0n) is 21.4. The van der Waals surface area contributed by atoms with Crippen molar-refractivity contribution < 1.29 is 0 Å². The lowest BCUT2D eigenvalue weighted by atomic mass is 9.82. The molecule has 2 nitrogen and oxygen atoms in total. The van der Waals surface area contributed by atoms with Crippen LogP contribution in [0.2, 0.25) is 0 Å². The first kappa shape index (κ1) is 21.4. The summed E-state index contributed by atoms with van der Waals surface area (Å²) < 4.78 is 2.33. The minimum atomic E-state index is 0.00334. The van der Waals surface area contributed by atoms with Gasteiger partial charge < -0.3 is 4.57 Å². The van der Waals surface area contributed by atoms with E-state index in [1.54, 1.807) is 0 Å². The Labute approximate surface area is 221 Å². The lowest BCUT2D eigenvalue weighted by Crippen LogP contribution is -2.14. The highest BCUT2D eigenvalue weighted by Gasteiger charge is 2.36. The maximum Gasteiger partial charge on any atom is 0.0607 e. The van der Waals surface area contributed by atoms with Crippen molar-refractivity contribution in [3.63, 3.8) is 0 Å². The first-order valence-corrected chi connectivity index (χ1v) is 13.2. The summed E-state index contributed by atoms with van der Waals surface area (Å²) in [5.41, 5.74) is 10.3. The van der Waals surface area contributed by atoms with Gasteiger partial charge in [-0.2, -0.15) is 0 Å². The Kier molecular flexibility index (Phi) is 4.31. The maximum absolute atomic E-state index is 4.49. The van der Waals surface area contributed by atoms with Crippen LogP contribution in [-0.2, 0) is 5.41 Å². The van der Waals surface area contributed by atoms with Gasteiger partial charge in [-0.1, -0.05) is 98.8 Å². The zero-order chi connectivity index (χ0) is 25.4. The number of hydrogen-bond donors (Lipinski definition) is 0. The van der Waals surface area contributed by atoms with E-state index < -0.39 is 0 Å². The molecular weight excluding hydrogens is 460 g/mol. The molecular formula is C36H26N2. The van der Waals surface area contributed by atoms with Crippen molar-refractivity contribution in [2.75, 3.05) is 0 Å². The van der Waals surface area contributed by atoms with E-state index in [0.29, 0.717) is 0 Å². The molecule has 8 rings (SSSR count). The third-order valence-electron chi connectivity index (χ3n) is 8.52. The Balaban J connectivity index is 1.31. The molecule has 0 radical (unpaired) electrons. The van der Waals surface area contributed by atoms with Crippen molar-refractivity contribution in [1.29, 1.82) is 0 Å². The molecule has 0 atom stereocenters. The Bertz CT molecular complexity index is 2040. The molecule has 2 heteroatoms. The Morgan fingerprint density at radius 3 is 2.26 bits per heavy atom. The van der Waals surface area contributed by atoms with Gasteiger partial charge in [-0.25, -0.2) is 0 Å². The number of hydrogen-bond acceptors (Lipinski definition) is 1. The fourth-order valence-electron chi connectivity index (χ4n) is 6.60. The highest BCUT2D eigenvalue weighted by Crippen LogP contribution is 2.51. The minimum Gasteiger partial charge on any atom is -0.316 e. The first-order valence-electron chi connectivity index (χ1n) is 13.2. The van der Waals surface area contributed by atoms with Gasteiger partial charge in [-0.3, -0.25) is 4.98 Å². The molecule has 1 aliphatic rings. The van der Waals surface area contributed by atoms with Crippen LogP contribution in [0.5, 0.6) is 0 Å². The van der Waals surface area contributed by atoms with Gasteiger partial charge in [0, 0.05) is 51.4 Å². The molecule has 0 saturated carbocycles. The quantitative estimate of drug-likeness (QED) is 0.238. The van der Waals surface area contributed by atoms with Crippen molar-refractivity contribution in [2.45, 2.75) is 19.3 Å². The summed E-state index contributed by atoms with van der Waals surface area (Å²) in [5.74, 6) is 0. The average Bonchev–Trinajstić information content (AvgIpc) is 3.50. The van der Waals surface area contributed by atoms with Crippen molar-refractivity contribution in [2.24, 2.45) is 0 Å². The minimum absolute atomic E-state index is 0.00334. The van der Waals surface area contributed by atoms with Gasteiger partial charge >= 0.3 is 0 Å². The van der Waals surface area contributed by atoms with Crippen LogP contribution in [0, 0.1) is 0 Å². The number of nitrogens with zero attached hydrogens (tertiary/aromatic N) is 2. The summed E-state index contributed by atoms with van der Waals surface area (Å²) in [5, 5.41) is 6.26. The predicted molar refractivity (Wildman–Crippen MR) is 159 cm³/mol. The third-order valence-corrected chi connectivity index (χ3v) is 8.52. The number of fused-ring (bicyclic) bond motifs is 8. The molecule has 0 aliphatic heterocycles. The molecule has 2 aromatic heterocycles. The van der Waals surface area contributed by atoms with E-state index in [1.165, 1.54) is 54.9 Å². The van der Waals surface area contributed by atoms with Crippen LogP contribution in [0.25, 0.3) is 60.4 Å². The highest BCUT2D eigenvalue weighted by molar-refractivity contribution is 6.13. The van der Waals surface area contributed by atoms with Crippen molar-refractivity contribution in [3.8, 4) is 27.9 Å². The van der Waals surface area contributed by atoms with E-state index >= 15 is 0 Å². The zero-order valence-corrected chi connectivity index (χ0v) is 21.4. The predicted octanol–water partition coefficient (Wildman–Crippen LogP) is 9.31. The van der Waals surface area contributed by atoms with Crippen LogP contribution in [0.15, 0.2) is 122 Å². The monoisotopic (exact) mass is 486 g/mol. The third kappa shape index (κ3) is 2.86. The second kappa shape index (κ2) is 7.66. The molecule has 0 amide bonds. The van der Waals surface area contributed by atoms with Crippen LogP contribution in [0.3, 0.4) is 0 Å². The topological polar surface area (TPSA) is 17.8 Å². The van der Waals surface area contributed by atoms with Crippen LogP contribution in [0.4, 0.5) is 0 Å².